The number of aryl methyl sites for hydroxylation is 1. The maximum Gasteiger partial charge on any atom is 0.348 e. The van der Waals surface area contributed by atoms with E-state index in [9.17, 15) is 14.4 Å². The second-order valence-corrected chi connectivity index (χ2v) is 7.71. The Hall–Kier alpha value is -3.13. The van der Waals surface area contributed by atoms with E-state index in [1.165, 1.54) is 0 Å². The SMILES string of the molecule is CCOC(=O)c1sc(NC(=O)Cc2coc3ccc(C)cc23)c(C(=O)OCC)c1C. The minimum absolute atomic E-state index is 0.0599. The number of esters is 2. The van der Waals surface area contributed by atoms with E-state index >= 15 is 0 Å². The molecule has 0 bridgehead atoms. The quantitative estimate of drug-likeness (QED) is 0.550. The van der Waals surface area contributed by atoms with Crippen molar-refractivity contribution in [1.82, 2.24) is 0 Å². The van der Waals surface area contributed by atoms with Crippen LogP contribution in [0.1, 0.15) is 50.6 Å². The number of carbonyl (C=O) groups excluding carboxylic acids is 3. The zero-order valence-corrected chi connectivity index (χ0v) is 18.1. The second-order valence-electron chi connectivity index (χ2n) is 6.69. The Labute approximate surface area is 178 Å². The Bertz CT molecular complexity index is 1110. The van der Waals surface area contributed by atoms with E-state index in [0.717, 1.165) is 27.8 Å². The monoisotopic (exact) mass is 429 g/mol. The standard InChI is InChI=1S/C22H23NO6S/c1-5-27-21(25)18-13(4)19(22(26)28-6-2)30-20(18)23-17(24)10-14-11-29-16-8-7-12(3)9-15(14)16/h7-9,11H,5-6,10H2,1-4H3,(H,23,24). The van der Waals surface area contributed by atoms with Crippen molar-refractivity contribution in [2.45, 2.75) is 34.1 Å². The number of hydrogen-bond donors (Lipinski definition) is 1. The van der Waals surface area contributed by atoms with Crippen LogP contribution in [-0.4, -0.2) is 31.1 Å². The van der Waals surface area contributed by atoms with Gasteiger partial charge in [-0.1, -0.05) is 11.6 Å². The predicted molar refractivity (Wildman–Crippen MR) is 114 cm³/mol. The molecule has 0 spiro atoms. The van der Waals surface area contributed by atoms with Gasteiger partial charge in [-0.3, -0.25) is 4.79 Å². The number of furan rings is 1. The van der Waals surface area contributed by atoms with E-state index in [-0.39, 0.29) is 41.0 Å². The number of amides is 1. The Morgan fingerprint density at radius 1 is 1.07 bits per heavy atom. The average molecular weight is 429 g/mol. The summed E-state index contributed by atoms with van der Waals surface area (Å²) in [6.45, 7) is 7.38. The molecule has 30 heavy (non-hydrogen) atoms. The fourth-order valence-corrected chi connectivity index (χ4v) is 4.22. The van der Waals surface area contributed by atoms with E-state index in [4.69, 9.17) is 13.9 Å². The number of ether oxygens (including phenoxy) is 2. The summed E-state index contributed by atoms with van der Waals surface area (Å²) in [4.78, 5) is 37.7. The minimum atomic E-state index is -0.596. The molecule has 0 atom stereocenters. The van der Waals surface area contributed by atoms with Gasteiger partial charge in [-0.2, -0.15) is 0 Å². The van der Waals surface area contributed by atoms with Crippen molar-refractivity contribution >= 4 is 45.2 Å². The molecule has 0 unspecified atom stereocenters. The van der Waals surface area contributed by atoms with Gasteiger partial charge in [0.1, 0.15) is 15.5 Å². The van der Waals surface area contributed by atoms with Crippen LogP contribution in [0.3, 0.4) is 0 Å². The molecule has 0 saturated carbocycles. The van der Waals surface area contributed by atoms with Crippen LogP contribution in [0.2, 0.25) is 0 Å². The molecule has 158 valence electrons. The molecule has 3 aromatic rings. The molecular formula is C22H23NO6S. The zero-order valence-electron chi connectivity index (χ0n) is 17.3. The summed E-state index contributed by atoms with van der Waals surface area (Å²) in [5, 5.41) is 3.89. The van der Waals surface area contributed by atoms with Gasteiger partial charge in [0.25, 0.3) is 0 Å². The van der Waals surface area contributed by atoms with Crippen molar-refractivity contribution in [3.05, 3.63) is 51.6 Å². The molecule has 7 nitrogen and oxygen atoms in total. The van der Waals surface area contributed by atoms with Gasteiger partial charge in [0, 0.05) is 10.9 Å². The fourth-order valence-electron chi connectivity index (χ4n) is 3.12. The highest BCUT2D eigenvalue weighted by Gasteiger charge is 2.27. The molecule has 0 radical (unpaired) electrons. The van der Waals surface area contributed by atoms with Crippen LogP contribution in [0, 0.1) is 13.8 Å². The molecule has 1 aromatic carbocycles. The van der Waals surface area contributed by atoms with Gasteiger partial charge in [-0.05, 0) is 45.4 Å². The number of thiophene rings is 1. The largest absolute Gasteiger partial charge is 0.464 e. The summed E-state index contributed by atoms with van der Waals surface area (Å²) in [6, 6.07) is 5.76. The van der Waals surface area contributed by atoms with Crippen molar-refractivity contribution in [3.8, 4) is 0 Å². The van der Waals surface area contributed by atoms with Crippen LogP contribution < -0.4 is 5.32 Å². The third-order valence-electron chi connectivity index (χ3n) is 4.50. The van der Waals surface area contributed by atoms with E-state index in [2.05, 4.69) is 5.32 Å². The van der Waals surface area contributed by atoms with E-state index in [0.29, 0.717) is 11.1 Å². The highest BCUT2D eigenvalue weighted by molar-refractivity contribution is 7.18. The first-order valence-electron chi connectivity index (χ1n) is 9.59. The molecular weight excluding hydrogens is 406 g/mol. The molecule has 0 aliphatic carbocycles. The van der Waals surface area contributed by atoms with Crippen LogP contribution >= 0.6 is 11.3 Å². The Kier molecular flexibility index (Phi) is 6.56. The number of carbonyl (C=O) groups is 3. The molecule has 1 amide bonds. The van der Waals surface area contributed by atoms with Gasteiger partial charge in [0.15, 0.2) is 0 Å². The first-order valence-corrected chi connectivity index (χ1v) is 10.4. The number of rotatable bonds is 7. The van der Waals surface area contributed by atoms with Crippen LogP contribution in [0.25, 0.3) is 11.0 Å². The number of hydrogen-bond acceptors (Lipinski definition) is 7. The van der Waals surface area contributed by atoms with Crippen LogP contribution in [0.5, 0.6) is 0 Å². The van der Waals surface area contributed by atoms with Gasteiger partial charge >= 0.3 is 11.9 Å². The number of anilines is 1. The summed E-state index contributed by atoms with van der Waals surface area (Å²) < 4.78 is 15.7. The topological polar surface area (TPSA) is 94.8 Å². The highest BCUT2D eigenvalue weighted by atomic mass is 32.1. The van der Waals surface area contributed by atoms with E-state index in [1.54, 1.807) is 27.0 Å². The molecule has 0 aliphatic rings. The molecule has 0 fully saturated rings. The van der Waals surface area contributed by atoms with E-state index in [1.807, 2.05) is 25.1 Å². The Morgan fingerprint density at radius 3 is 2.47 bits per heavy atom. The second kappa shape index (κ2) is 9.13. The Morgan fingerprint density at radius 2 is 1.77 bits per heavy atom. The smallest absolute Gasteiger partial charge is 0.348 e. The normalized spacial score (nSPS) is 10.8. The molecule has 0 aliphatic heterocycles. The third-order valence-corrected chi connectivity index (χ3v) is 5.69. The number of fused-ring (bicyclic) bond motifs is 1. The average Bonchev–Trinajstić information content (AvgIpc) is 3.22. The van der Waals surface area contributed by atoms with Gasteiger partial charge in [-0.25, -0.2) is 9.59 Å². The van der Waals surface area contributed by atoms with Gasteiger partial charge in [0.05, 0.1) is 31.5 Å². The molecule has 2 aromatic heterocycles. The van der Waals surface area contributed by atoms with Crippen molar-refractivity contribution < 1.29 is 28.3 Å². The lowest BCUT2D eigenvalue weighted by Crippen LogP contribution is -2.16. The Balaban J connectivity index is 1.89. The lowest BCUT2D eigenvalue weighted by molar-refractivity contribution is -0.115. The third kappa shape index (κ3) is 4.38. The first-order chi connectivity index (χ1) is 14.3. The summed E-state index contributed by atoms with van der Waals surface area (Å²) in [5.41, 5.74) is 3.10. The first kappa shape index (κ1) is 21.6. The zero-order chi connectivity index (χ0) is 21.8. The maximum absolute atomic E-state index is 12.7. The summed E-state index contributed by atoms with van der Waals surface area (Å²) in [5.74, 6) is -1.47. The predicted octanol–water partition coefficient (Wildman–Crippen LogP) is 4.65. The van der Waals surface area contributed by atoms with Crippen LogP contribution in [0.4, 0.5) is 5.00 Å². The summed E-state index contributed by atoms with van der Waals surface area (Å²) >= 11 is 1.00. The van der Waals surface area contributed by atoms with Crippen molar-refractivity contribution in [1.29, 1.82) is 0 Å². The molecule has 3 rings (SSSR count). The van der Waals surface area contributed by atoms with Crippen molar-refractivity contribution in [2.75, 3.05) is 18.5 Å². The van der Waals surface area contributed by atoms with Crippen molar-refractivity contribution in [3.63, 3.8) is 0 Å². The van der Waals surface area contributed by atoms with Crippen LogP contribution in [0.15, 0.2) is 28.9 Å². The highest BCUT2D eigenvalue weighted by Crippen LogP contribution is 2.34. The van der Waals surface area contributed by atoms with Crippen molar-refractivity contribution in [2.24, 2.45) is 0 Å². The molecule has 0 saturated heterocycles. The maximum atomic E-state index is 12.7. The number of benzene rings is 1. The lowest BCUT2D eigenvalue weighted by Gasteiger charge is -2.07. The number of nitrogens with one attached hydrogen (secondary N) is 1. The fraction of sp³-hybridized carbons (Fsp3) is 0.318. The van der Waals surface area contributed by atoms with E-state index < -0.39 is 11.9 Å². The summed E-state index contributed by atoms with van der Waals surface area (Å²) in [6.07, 6.45) is 1.62. The molecule has 1 N–H and O–H groups in total. The van der Waals surface area contributed by atoms with Crippen LogP contribution in [-0.2, 0) is 20.7 Å². The van der Waals surface area contributed by atoms with Gasteiger partial charge in [0.2, 0.25) is 5.91 Å². The lowest BCUT2D eigenvalue weighted by atomic mass is 10.1. The van der Waals surface area contributed by atoms with Gasteiger partial charge < -0.3 is 19.2 Å². The summed E-state index contributed by atoms with van der Waals surface area (Å²) in [7, 11) is 0. The molecule has 2 heterocycles. The minimum Gasteiger partial charge on any atom is -0.464 e. The molecule has 8 heteroatoms. The van der Waals surface area contributed by atoms with Gasteiger partial charge in [-0.15, -0.1) is 11.3 Å².